The topological polar surface area (TPSA) is 18.5 Å². The van der Waals surface area contributed by atoms with Gasteiger partial charge in [0.25, 0.3) is 0 Å². The van der Waals surface area contributed by atoms with Gasteiger partial charge in [-0.1, -0.05) is 46.3 Å². The molecule has 0 amide bonds. The van der Waals surface area contributed by atoms with E-state index in [2.05, 4.69) is 53.2 Å². The minimum absolute atomic E-state index is 0.193. The first-order valence-corrected chi connectivity index (χ1v) is 7.58. The van der Waals surface area contributed by atoms with Gasteiger partial charge < -0.3 is 9.47 Å². The van der Waals surface area contributed by atoms with Gasteiger partial charge in [-0.05, 0) is 40.8 Å². The molecule has 1 atom stereocenters. The van der Waals surface area contributed by atoms with Crippen molar-refractivity contribution < 1.29 is 9.47 Å². The van der Waals surface area contributed by atoms with E-state index in [9.17, 15) is 0 Å². The van der Waals surface area contributed by atoms with Gasteiger partial charge >= 0.3 is 0 Å². The number of benzene rings is 2. The van der Waals surface area contributed by atoms with Crippen LogP contribution < -0.4 is 4.74 Å². The van der Waals surface area contributed by atoms with Crippen LogP contribution in [0.4, 0.5) is 0 Å². The number of halogens is 1. The Labute approximate surface area is 127 Å². The van der Waals surface area contributed by atoms with Crippen LogP contribution in [0, 0.1) is 6.92 Å². The number of fused-ring (bicyclic) bond motifs is 1. The number of hydrogen-bond donors (Lipinski definition) is 0. The Balaban J connectivity index is 1.92. The van der Waals surface area contributed by atoms with Crippen LogP contribution in [-0.2, 0) is 18.0 Å². The first-order chi connectivity index (χ1) is 9.69. The molecule has 0 aromatic heterocycles. The molecular weight excluding hydrogens is 316 g/mol. The number of ether oxygens (including phenoxy) is 2. The lowest BCUT2D eigenvalue weighted by Crippen LogP contribution is -1.96. The highest BCUT2D eigenvalue weighted by atomic mass is 79.9. The summed E-state index contributed by atoms with van der Waals surface area (Å²) in [7, 11) is 1.70. The summed E-state index contributed by atoms with van der Waals surface area (Å²) in [5.41, 5.74) is 6.26. The molecule has 0 radical (unpaired) electrons. The van der Waals surface area contributed by atoms with Crippen LogP contribution in [-0.4, -0.2) is 7.11 Å². The Bertz CT molecular complexity index is 637. The fraction of sp³-hybridized carbons (Fsp3) is 0.294. The first-order valence-electron chi connectivity index (χ1n) is 6.67. The van der Waals surface area contributed by atoms with Gasteiger partial charge in [0.1, 0.15) is 5.75 Å². The van der Waals surface area contributed by atoms with Gasteiger partial charge in [0.05, 0.1) is 25.2 Å². The summed E-state index contributed by atoms with van der Waals surface area (Å²) in [6.45, 7) is 3.54. The SMILES string of the molecule is COc1ccc(C(Br)c2ccc3c(c2)COC3)cc1C. The molecule has 0 saturated heterocycles. The zero-order chi connectivity index (χ0) is 14.1. The molecule has 3 rings (SSSR count). The molecular formula is C17H17BrO2. The molecule has 0 spiro atoms. The predicted octanol–water partition coefficient (Wildman–Crippen LogP) is 4.52. The van der Waals surface area contributed by atoms with Crippen molar-refractivity contribution in [2.75, 3.05) is 7.11 Å². The third-order valence-electron chi connectivity index (χ3n) is 3.75. The van der Waals surface area contributed by atoms with Crippen molar-refractivity contribution in [1.29, 1.82) is 0 Å². The molecule has 0 fully saturated rings. The van der Waals surface area contributed by atoms with Crippen molar-refractivity contribution in [1.82, 2.24) is 0 Å². The molecule has 1 unspecified atom stereocenters. The van der Waals surface area contributed by atoms with Gasteiger partial charge in [-0.25, -0.2) is 0 Å². The second-order valence-electron chi connectivity index (χ2n) is 5.11. The zero-order valence-electron chi connectivity index (χ0n) is 11.7. The van der Waals surface area contributed by atoms with E-state index in [-0.39, 0.29) is 4.83 Å². The minimum Gasteiger partial charge on any atom is -0.496 e. The Morgan fingerprint density at radius 2 is 1.75 bits per heavy atom. The average Bonchev–Trinajstić information content (AvgIpc) is 2.93. The standard InChI is InChI=1S/C17H17BrO2/c1-11-7-12(5-6-16(11)19-2)17(18)13-3-4-14-9-20-10-15(14)8-13/h3-8,17H,9-10H2,1-2H3. The number of methoxy groups -OCH3 is 1. The highest BCUT2D eigenvalue weighted by molar-refractivity contribution is 9.09. The number of alkyl halides is 1. The van der Waals surface area contributed by atoms with E-state index in [1.807, 2.05) is 6.07 Å². The molecule has 2 nitrogen and oxygen atoms in total. The maximum Gasteiger partial charge on any atom is 0.121 e. The van der Waals surface area contributed by atoms with Crippen LogP contribution in [0.5, 0.6) is 5.75 Å². The Kier molecular flexibility index (Phi) is 3.81. The summed E-state index contributed by atoms with van der Waals surface area (Å²) in [6, 6.07) is 12.9. The van der Waals surface area contributed by atoms with Crippen molar-refractivity contribution in [2.24, 2.45) is 0 Å². The van der Waals surface area contributed by atoms with Crippen molar-refractivity contribution in [3.05, 3.63) is 64.2 Å². The van der Waals surface area contributed by atoms with E-state index in [1.165, 1.54) is 22.3 Å². The van der Waals surface area contributed by atoms with E-state index in [1.54, 1.807) is 7.11 Å². The summed E-state index contributed by atoms with van der Waals surface area (Å²) >= 11 is 3.80. The molecule has 1 aliphatic heterocycles. The summed E-state index contributed by atoms with van der Waals surface area (Å²) in [5.74, 6) is 0.927. The monoisotopic (exact) mass is 332 g/mol. The smallest absolute Gasteiger partial charge is 0.121 e. The van der Waals surface area contributed by atoms with E-state index in [0.29, 0.717) is 0 Å². The molecule has 1 heterocycles. The van der Waals surface area contributed by atoms with Crippen molar-refractivity contribution in [2.45, 2.75) is 25.0 Å². The largest absolute Gasteiger partial charge is 0.496 e. The van der Waals surface area contributed by atoms with Crippen LogP contribution in [0.2, 0.25) is 0 Å². The molecule has 0 saturated carbocycles. The minimum atomic E-state index is 0.193. The molecule has 0 bridgehead atoms. The number of rotatable bonds is 3. The molecule has 0 aliphatic carbocycles. The van der Waals surface area contributed by atoms with Gasteiger partial charge in [0, 0.05) is 0 Å². The summed E-state index contributed by atoms with van der Waals surface area (Å²) in [4.78, 5) is 0.193. The van der Waals surface area contributed by atoms with Crippen LogP contribution in [0.15, 0.2) is 36.4 Å². The molecule has 20 heavy (non-hydrogen) atoms. The second-order valence-corrected chi connectivity index (χ2v) is 6.03. The first kappa shape index (κ1) is 13.7. The predicted molar refractivity (Wildman–Crippen MR) is 83.4 cm³/mol. The average molecular weight is 333 g/mol. The van der Waals surface area contributed by atoms with Crippen LogP contribution in [0.25, 0.3) is 0 Å². The molecule has 3 heteroatoms. The number of hydrogen-bond acceptors (Lipinski definition) is 2. The van der Waals surface area contributed by atoms with Gasteiger partial charge in [0.2, 0.25) is 0 Å². The zero-order valence-corrected chi connectivity index (χ0v) is 13.2. The summed E-state index contributed by atoms with van der Waals surface area (Å²) in [6.07, 6.45) is 0. The lowest BCUT2D eigenvalue weighted by molar-refractivity contribution is 0.134. The van der Waals surface area contributed by atoms with E-state index >= 15 is 0 Å². The van der Waals surface area contributed by atoms with Crippen LogP contribution in [0.3, 0.4) is 0 Å². The van der Waals surface area contributed by atoms with Crippen LogP contribution in [0.1, 0.15) is 32.6 Å². The maximum absolute atomic E-state index is 5.47. The van der Waals surface area contributed by atoms with E-state index in [4.69, 9.17) is 9.47 Å². The van der Waals surface area contributed by atoms with E-state index < -0.39 is 0 Å². The lowest BCUT2D eigenvalue weighted by atomic mass is 9.99. The van der Waals surface area contributed by atoms with Crippen molar-refractivity contribution in [3.8, 4) is 5.75 Å². The van der Waals surface area contributed by atoms with Crippen molar-refractivity contribution >= 4 is 15.9 Å². The Morgan fingerprint density at radius 3 is 2.50 bits per heavy atom. The number of aryl methyl sites for hydroxylation is 1. The lowest BCUT2D eigenvalue weighted by Gasteiger charge is -2.14. The van der Waals surface area contributed by atoms with Crippen LogP contribution >= 0.6 is 15.9 Å². The molecule has 2 aromatic carbocycles. The third kappa shape index (κ3) is 2.48. The fourth-order valence-corrected chi connectivity index (χ4v) is 3.17. The third-order valence-corrected chi connectivity index (χ3v) is 4.81. The molecule has 1 aliphatic rings. The normalized spacial score (nSPS) is 14.9. The summed E-state index contributed by atoms with van der Waals surface area (Å²) in [5, 5.41) is 0. The second kappa shape index (κ2) is 5.58. The van der Waals surface area contributed by atoms with E-state index in [0.717, 1.165) is 24.5 Å². The van der Waals surface area contributed by atoms with Gasteiger partial charge in [-0.15, -0.1) is 0 Å². The van der Waals surface area contributed by atoms with Gasteiger partial charge in [-0.3, -0.25) is 0 Å². The Hall–Kier alpha value is -1.32. The molecule has 104 valence electrons. The quantitative estimate of drug-likeness (QED) is 0.769. The van der Waals surface area contributed by atoms with Crippen molar-refractivity contribution in [3.63, 3.8) is 0 Å². The maximum atomic E-state index is 5.47. The van der Waals surface area contributed by atoms with Gasteiger partial charge in [-0.2, -0.15) is 0 Å². The highest BCUT2D eigenvalue weighted by Gasteiger charge is 2.16. The molecule has 0 N–H and O–H groups in total. The fourth-order valence-electron chi connectivity index (χ4n) is 2.60. The Morgan fingerprint density at radius 1 is 1.05 bits per heavy atom. The molecule has 2 aromatic rings. The van der Waals surface area contributed by atoms with Gasteiger partial charge in [0.15, 0.2) is 0 Å². The summed E-state index contributed by atoms with van der Waals surface area (Å²) < 4.78 is 10.8. The highest BCUT2D eigenvalue weighted by Crippen LogP contribution is 2.35.